The highest BCUT2D eigenvalue weighted by molar-refractivity contribution is 5.77. The number of ether oxygens (including phenoxy) is 1. The molecule has 2 aromatic rings. The standard InChI is InChI=1S/C23H30N2O4/c1-23(24-14-21(27)17-4-7-19(26)8-5-17)11-10-16-6-9-20(12-18(16)13-23)29-15-22(28)25(2)3/h4-9,12,21,24,26-27H,10-11,13-15H2,1-3H3. The third-order valence-electron chi connectivity index (χ3n) is 5.57. The molecule has 156 valence electrons. The van der Waals surface area contributed by atoms with Crippen molar-refractivity contribution in [3.8, 4) is 11.5 Å². The number of hydrogen-bond acceptors (Lipinski definition) is 5. The second-order valence-corrected chi connectivity index (χ2v) is 8.23. The van der Waals surface area contributed by atoms with E-state index in [1.54, 1.807) is 38.4 Å². The number of hydrogen-bond donors (Lipinski definition) is 3. The lowest BCUT2D eigenvalue weighted by atomic mass is 9.79. The summed E-state index contributed by atoms with van der Waals surface area (Å²) in [4.78, 5) is 13.3. The normalized spacial score (nSPS) is 19.3. The van der Waals surface area contributed by atoms with Crippen LogP contribution < -0.4 is 10.1 Å². The maximum atomic E-state index is 11.7. The van der Waals surface area contributed by atoms with Gasteiger partial charge in [-0.2, -0.15) is 0 Å². The summed E-state index contributed by atoms with van der Waals surface area (Å²) in [6.45, 7) is 2.63. The number of rotatable bonds is 7. The number of benzene rings is 2. The Morgan fingerprint density at radius 1 is 1.21 bits per heavy atom. The summed E-state index contributed by atoms with van der Waals surface area (Å²) < 4.78 is 5.66. The zero-order valence-corrected chi connectivity index (χ0v) is 17.3. The number of likely N-dealkylation sites (N-methyl/N-ethyl adjacent to an activating group) is 1. The zero-order chi connectivity index (χ0) is 21.0. The molecule has 1 aliphatic carbocycles. The number of aryl methyl sites for hydroxylation is 1. The number of aliphatic hydroxyl groups is 1. The third-order valence-corrected chi connectivity index (χ3v) is 5.57. The summed E-state index contributed by atoms with van der Waals surface area (Å²) >= 11 is 0. The van der Waals surface area contributed by atoms with E-state index >= 15 is 0 Å². The molecule has 29 heavy (non-hydrogen) atoms. The van der Waals surface area contributed by atoms with Gasteiger partial charge in [0, 0.05) is 26.2 Å². The van der Waals surface area contributed by atoms with E-state index in [2.05, 4.69) is 18.3 Å². The fourth-order valence-corrected chi connectivity index (χ4v) is 3.60. The summed E-state index contributed by atoms with van der Waals surface area (Å²) in [6, 6.07) is 12.7. The molecule has 1 amide bonds. The highest BCUT2D eigenvalue weighted by Crippen LogP contribution is 2.31. The van der Waals surface area contributed by atoms with E-state index in [9.17, 15) is 15.0 Å². The van der Waals surface area contributed by atoms with Crippen LogP contribution in [-0.2, 0) is 17.6 Å². The van der Waals surface area contributed by atoms with Gasteiger partial charge in [0.1, 0.15) is 11.5 Å². The summed E-state index contributed by atoms with van der Waals surface area (Å²) in [5, 5.41) is 23.4. The maximum absolute atomic E-state index is 11.7. The lowest BCUT2D eigenvalue weighted by molar-refractivity contribution is -0.130. The maximum Gasteiger partial charge on any atom is 0.259 e. The molecule has 0 radical (unpaired) electrons. The van der Waals surface area contributed by atoms with Gasteiger partial charge in [-0.25, -0.2) is 0 Å². The molecule has 3 N–H and O–H groups in total. The van der Waals surface area contributed by atoms with Crippen LogP contribution in [-0.4, -0.2) is 53.8 Å². The van der Waals surface area contributed by atoms with Crippen LogP contribution in [0.1, 0.15) is 36.1 Å². The van der Waals surface area contributed by atoms with Gasteiger partial charge in [-0.3, -0.25) is 4.79 Å². The molecule has 0 saturated carbocycles. The van der Waals surface area contributed by atoms with Crippen LogP contribution in [0.3, 0.4) is 0 Å². The van der Waals surface area contributed by atoms with Crippen molar-refractivity contribution in [2.45, 2.75) is 37.8 Å². The number of nitrogens with one attached hydrogen (secondary N) is 1. The number of β-amino-alcohol motifs (C(OH)–C–C–N with tert-alkyl or cyclic N) is 1. The molecule has 0 aliphatic heterocycles. The second kappa shape index (κ2) is 8.84. The molecule has 0 spiro atoms. The Balaban J connectivity index is 1.61. The van der Waals surface area contributed by atoms with Crippen molar-refractivity contribution in [1.29, 1.82) is 0 Å². The first-order chi connectivity index (χ1) is 13.8. The van der Waals surface area contributed by atoms with E-state index in [0.717, 1.165) is 24.8 Å². The van der Waals surface area contributed by atoms with Crippen LogP contribution >= 0.6 is 0 Å². The molecular formula is C23H30N2O4. The fourth-order valence-electron chi connectivity index (χ4n) is 3.60. The van der Waals surface area contributed by atoms with Crippen molar-refractivity contribution >= 4 is 5.91 Å². The van der Waals surface area contributed by atoms with Gasteiger partial charge in [0.15, 0.2) is 6.61 Å². The number of fused-ring (bicyclic) bond motifs is 1. The average molecular weight is 399 g/mol. The van der Waals surface area contributed by atoms with E-state index in [1.165, 1.54) is 16.0 Å². The number of phenolic OH excluding ortho intramolecular Hbond substituents is 1. The Morgan fingerprint density at radius 2 is 1.93 bits per heavy atom. The minimum atomic E-state index is -0.638. The number of amides is 1. The van der Waals surface area contributed by atoms with Gasteiger partial charge >= 0.3 is 0 Å². The van der Waals surface area contributed by atoms with E-state index < -0.39 is 6.10 Å². The summed E-state index contributed by atoms with van der Waals surface area (Å²) in [6.07, 6.45) is 2.11. The van der Waals surface area contributed by atoms with Crippen LogP contribution in [0.2, 0.25) is 0 Å². The van der Waals surface area contributed by atoms with Crippen LogP contribution in [0, 0.1) is 0 Å². The Hall–Kier alpha value is -2.57. The molecule has 2 unspecified atom stereocenters. The molecule has 0 aromatic heterocycles. The monoisotopic (exact) mass is 398 g/mol. The van der Waals surface area contributed by atoms with Crippen molar-refractivity contribution in [2.24, 2.45) is 0 Å². The molecule has 0 fully saturated rings. The Bertz CT molecular complexity index is 850. The topological polar surface area (TPSA) is 82.0 Å². The van der Waals surface area contributed by atoms with Crippen LogP contribution in [0.5, 0.6) is 11.5 Å². The van der Waals surface area contributed by atoms with Crippen molar-refractivity contribution < 1.29 is 19.7 Å². The Morgan fingerprint density at radius 3 is 2.62 bits per heavy atom. The van der Waals surface area contributed by atoms with Gasteiger partial charge in [-0.1, -0.05) is 18.2 Å². The molecule has 6 nitrogen and oxygen atoms in total. The molecule has 2 atom stereocenters. The lowest BCUT2D eigenvalue weighted by Crippen LogP contribution is -2.48. The van der Waals surface area contributed by atoms with Crippen LogP contribution in [0.4, 0.5) is 0 Å². The quantitative estimate of drug-likeness (QED) is 0.667. The smallest absolute Gasteiger partial charge is 0.259 e. The number of aliphatic hydroxyl groups excluding tert-OH is 1. The summed E-state index contributed by atoms with van der Waals surface area (Å²) in [5.74, 6) is 0.819. The van der Waals surface area contributed by atoms with Gasteiger partial charge in [-0.15, -0.1) is 0 Å². The number of aromatic hydroxyl groups is 1. The third kappa shape index (κ3) is 5.49. The number of phenols is 1. The molecule has 2 aromatic carbocycles. The average Bonchev–Trinajstić information content (AvgIpc) is 2.70. The van der Waals surface area contributed by atoms with Gasteiger partial charge < -0.3 is 25.2 Å². The van der Waals surface area contributed by atoms with Gasteiger partial charge in [0.05, 0.1) is 6.10 Å². The minimum Gasteiger partial charge on any atom is -0.508 e. The molecule has 1 aliphatic rings. The Kier molecular flexibility index (Phi) is 6.45. The zero-order valence-electron chi connectivity index (χ0n) is 17.3. The van der Waals surface area contributed by atoms with Gasteiger partial charge in [-0.05, 0) is 67.1 Å². The van der Waals surface area contributed by atoms with E-state index in [0.29, 0.717) is 12.3 Å². The molecule has 3 rings (SSSR count). The van der Waals surface area contributed by atoms with Crippen LogP contribution in [0.15, 0.2) is 42.5 Å². The van der Waals surface area contributed by atoms with Gasteiger partial charge in [0.25, 0.3) is 5.91 Å². The number of carbonyl (C=O) groups is 1. The predicted octanol–water partition coefficient (Wildman–Crippen LogP) is 2.43. The van der Waals surface area contributed by atoms with Crippen molar-refractivity contribution in [1.82, 2.24) is 10.2 Å². The second-order valence-electron chi connectivity index (χ2n) is 8.23. The van der Waals surface area contributed by atoms with Crippen molar-refractivity contribution in [3.63, 3.8) is 0 Å². The number of carbonyl (C=O) groups excluding carboxylic acids is 1. The highest BCUT2D eigenvalue weighted by atomic mass is 16.5. The SMILES string of the molecule is CN(C)C(=O)COc1ccc2c(c1)CC(C)(NCC(O)c1ccc(O)cc1)CC2. The first kappa shape index (κ1) is 21.1. The molecule has 6 heteroatoms. The molecular weight excluding hydrogens is 368 g/mol. The summed E-state index contributed by atoms with van der Waals surface area (Å²) in [7, 11) is 3.42. The van der Waals surface area contributed by atoms with E-state index in [4.69, 9.17) is 4.74 Å². The lowest BCUT2D eigenvalue weighted by Gasteiger charge is -2.37. The van der Waals surface area contributed by atoms with E-state index in [1.807, 2.05) is 12.1 Å². The Labute approximate surface area is 172 Å². The highest BCUT2D eigenvalue weighted by Gasteiger charge is 2.30. The predicted molar refractivity (Wildman–Crippen MR) is 112 cm³/mol. The molecule has 0 saturated heterocycles. The van der Waals surface area contributed by atoms with Crippen LogP contribution in [0.25, 0.3) is 0 Å². The largest absolute Gasteiger partial charge is 0.508 e. The van der Waals surface area contributed by atoms with Crippen molar-refractivity contribution in [3.05, 3.63) is 59.2 Å². The minimum absolute atomic E-state index is 0.0279. The van der Waals surface area contributed by atoms with E-state index in [-0.39, 0.29) is 23.8 Å². The van der Waals surface area contributed by atoms with Crippen molar-refractivity contribution in [2.75, 3.05) is 27.2 Å². The first-order valence-electron chi connectivity index (χ1n) is 9.92. The first-order valence-corrected chi connectivity index (χ1v) is 9.92. The summed E-state index contributed by atoms with van der Waals surface area (Å²) in [5.41, 5.74) is 3.15. The fraction of sp³-hybridized carbons (Fsp3) is 0.435. The molecule has 0 heterocycles. The molecule has 0 bridgehead atoms. The number of nitrogens with zero attached hydrogens (tertiary/aromatic N) is 1. The van der Waals surface area contributed by atoms with Gasteiger partial charge in [0.2, 0.25) is 0 Å².